The standard InChI is InChI=1S/C14H18N2OS/c1-13(11-18-14-5-3-2-4-6-14)16-9-7-15(12-17)8-10-16/h2-6,12H,1,7-11H2. The molecule has 1 saturated heterocycles. The van der Waals surface area contributed by atoms with Gasteiger partial charge in [-0.1, -0.05) is 24.8 Å². The number of benzene rings is 1. The highest BCUT2D eigenvalue weighted by molar-refractivity contribution is 7.99. The average molecular weight is 262 g/mol. The van der Waals surface area contributed by atoms with Crippen LogP contribution in [-0.2, 0) is 4.79 Å². The van der Waals surface area contributed by atoms with E-state index in [0.717, 1.165) is 44.0 Å². The summed E-state index contributed by atoms with van der Waals surface area (Å²) in [7, 11) is 0. The molecule has 1 heterocycles. The van der Waals surface area contributed by atoms with Gasteiger partial charge in [0.2, 0.25) is 6.41 Å². The van der Waals surface area contributed by atoms with Crippen molar-refractivity contribution < 1.29 is 4.79 Å². The third-order valence-electron chi connectivity index (χ3n) is 3.06. The van der Waals surface area contributed by atoms with Crippen molar-refractivity contribution in [3.8, 4) is 0 Å². The molecule has 1 fully saturated rings. The van der Waals surface area contributed by atoms with Crippen LogP contribution in [0.1, 0.15) is 0 Å². The Kier molecular flexibility index (Phi) is 4.70. The first-order chi connectivity index (χ1) is 8.79. The molecule has 1 aliphatic heterocycles. The Morgan fingerprint density at radius 1 is 1.22 bits per heavy atom. The van der Waals surface area contributed by atoms with Gasteiger partial charge >= 0.3 is 0 Å². The van der Waals surface area contributed by atoms with Crippen molar-refractivity contribution in [3.63, 3.8) is 0 Å². The first kappa shape index (κ1) is 13.0. The molecular weight excluding hydrogens is 244 g/mol. The Bertz CT molecular complexity index is 400. The first-order valence-corrected chi connectivity index (χ1v) is 7.08. The molecule has 3 nitrogen and oxygen atoms in total. The number of hydrogen-bond acceptors (Lipinski definition) is 3. The van der Waals surface area contributed by atoms with Gasteiger partial charge in [0.15, 0.2) is 0 Å². The highest BCUT2D eigenvalue weighted by Gasteiger charge is 2.16. The molecule has 0 radical (unpaired) electrons. The van der Waals surface area contributed by atoms with E-state index in [-0.39, 0.29) is 0 Å². The zero-order chi connectivity index (χ0) is 12.8. The van der Waals surface area contributed by atoms with Crippen LogP contribution in [0.15, 0.2) is 47.5 Å². The van der Waals surface area contributed by atoms with Crippen molar-refractivity contribution in [3.05, 3.63) is 42.6 Å². The summed E-state index contributed by atoms with van der Waals surface area (Å²) in [6.45, 7) is 7.54. The van der Waals surface area contributed by atoms with Crippen LogP contribution in [0.3, 0.4) is 0 Å². The minimum Gasteiger partial charge on any atom is -0.371 e. The highest BCUT2D eigenvalue weighted by atomic mass is 32.2. The molecule has 0 aliphatic carbocycles. The van der Waals surface area contributed by atoms with E-state index in [1.807, 2.05) is 23.1 Å². The molecule has 1 aromatic carbocycles. The highest BCUT2D eigenvalue weighted by Crippen LogP contribution is 2.21. The molecule has 0 N–H and O–H groups in total. The maximum atomic E-state index is 10.6. The zero-order valence-corrected chi connectivity index (χ0v) is 11.2. The van der Waals surface area contributed by atoms with E-state index in [4.69, 9.17) is 0 Å². The van der Waals surface area contributed by atoms with Crippen molar-refractivity contribution >= 4 is 18.2 Å². The fourth-order valence-electron chi connectivity index (χ4n) is 1.92. The molecule has 2 rings (SSSR count). The number of nitrogens with zero attached hydrogens (tertiary/aromatic N) is 2. The van der Waals surface area contributed by atoms with E-state index < -0.39 is 0 Å². The van der Waals surface area contributed by atoms with Gasteiger partial charge in [0.05, 0.1) is 0 Å². The van der Waals surface area contributed by atoms with Gasteiger partial charge in [0.25, 0.3) is 0 Å². The lowest BCUT2D eigenvalue weighted by atomic mass is 10.3. The molecule has 1 aliphatic rings. The van der Waals surface area contributed by atoms with Gasteiger partial charge in [-0.15, -0.1) is 11.8 Å². The Morgan fingerprint density at radius 3 is 2.50 bits per heavy atom. The molecule has 0 spiro atoms. The van der Waals surface area contributed by atoms with E-state index in [1.54, 1.807) is 11.8 Å². The smallest absolute Gasteiger partial charge is 0.209 e. The minimum atomic E-state index is 0.804. The summed E-state index contributed by atoms with van der Waals surface area (Å²) in [4.78, 5) is 16.0. The van der Waals surface area contributed by atoms with Crippen molar-refractivity contribution in [2.45, 2.75) is 4.90 Å². The molecule has 1 aromatic rings. The molecular formula is C14H18N2OS. The molecule has 0 bridgehead atoms. The van der Waals surface area contributed by atoms with E-state index in [9.17, 15) is 4.79 Å². The summed E-state index contributed by atoms with van der Waals surface area (Å²) in [5.41, 5.74) is 1.15. The number of amides is 1. The van der Waals surface area contributed by atoms with Crippen molar-refractivity contribution in [1.29, 1.82) is 0 Å². The number of carbonyl (C=O) groups excluding carboxylic acids is 1. The lowest BCUT2D eigenvalue weighted by molar-refractivity contribution is -0.119. The second-order valence-electron chi connectivity index (χ2n) is 4.30. The quantitative estimate of drug-likeness (QED) is 0.599. The van der Waals surface area contributed by atoms with Crippen LogP contribution in [0, 0.1) is 0 Å². The molecule has 18 heavy (non-hydrogen) atoms. The summed E-state index contributed by atoms with van der Waals surface area (Å²) < 4.78 is 0. The number of piperazine rings is 1. The van der Waals surface area contributed by atoms with Gasteiger partial charge in [-0.25, -0.2) is 0 Å². The van der Waals surface area contributed by atoms with Crippen LogP contribution in [0.4, 0.5) is 0 Å². The summed E-state index contributed by atoms with van der Waals surface area (Å²) in [5.74, 6) is 0.908. The van der Waals surface area contributed by atoms with Crippen molar-refractivity contribution in [2.24, 2.45) is 0 Å². The Hall–Kier alpha value is -1.42. The van der Waals surface area contributed by atoms with Crippen LogP contribution in [-0.4, -0.2) is 48.1 Å². The van der Waals surface area contributed by atoms with Crippen LogP contribution in [0.2, 0.25) is 0 Å². The van der Waals surface area contributed by atoms with Gasteiger partial charge in [-0.05, 0) is 12.1 Å². The first-order valence-electron chi connectivity index (χ1n) is 6.09. The monoisotopic (exact) mass is 262 g/mol. The van der Waals surface area contributed by atoms with E-state index in [0.29, 0.717) is 0 Å². The summed E-state index contributed by atoms with van der Waals surface area (Å²) in [6, 6.07) is 10.4. The number of rotatable bonds is 5. The molecule has 0 atom stereocenters. The van der Waals surface area contributed by atoms with Gasteiger partial charge < -0.3 is 9.80 Å². The molecule has 1 amide bonds. The zero-order valence-electron chi connectivity index (χ0n) is 10.4. The molecule has 0 aromatic heterocycles. The maximum absolute atomic E-state index is 10.6. The van der Waals surface area contributed by atoms with Gasteiger partial charge in [0.1, 0.15) is 0 Å². The topological polar surface area (TPSA) is 23.6 Å². The molecule has 4 heteroatoms. The summed E-state index contributed by atoms with van der Waals surface area (Å²) in [5, 5.41) is 0. The van der Waals surface area contributed by atoms with E-state index in [2.05, 4.69) is 23.6 Å². The predicted molar refractivity (Wildman–Crippen MR) is 75.5 cm³/mol. The summed E-state index contributed by atoms with van der Waals surface area (Å²) >= 11 is 1.80. The third kappa shape index (κ3) is 3.53. The van der Waals surface area contributed by atoms with Crippen molar-refractivity contribution in [2.75, 3.05) is 31.9 Å². The van der Waals surface area contributed by atoms with Gasteiger partial charge in [0, 0.05) is 42.5 Å². The third-order valence-corrected chi connectivity index (χ3v) is 4.14. The fraction of sp³-hybridized carbons (Fsp3) is 0.357. The maximum Gasteiger partial charge on any atom is 0.209 e. The van der Waals surface area contributed by atoms with Crippen LogP contribution in [0.5, 0.6) is 0 Å². The minimum absolute atomic E-state index is 0.804. The van der Waals surface area contributed by atoms with Crippen LogP contribution < -0.4 is 0 Å². The number of thioether (sulfide) groups is 1. The Balaban J connectivity index is 1.77. The SMILES string of the molecule is C=C(CSc1ccccc1)N1CCN(C=O)CC1. The molecule has 0 saturated carbocycles. The summed E-state index contributed by atoms with van der Waals surface area (Å²) in [6.07, 6.45) is 0.929. The largest absolute Gasteiger partial charge is 0.371 e. The second kappa shape index (κ2) is 6.50. The number of carbonyl (C=O) groups is 1. The predicted octanol–water partition coefficient (Wildman–Crippen LogP) is 2.07. The second-order valence-corrected chi connectivity index (χ2v) is 5.35. The van der Waals surface area contributed by atoms with Crippen LogP contribution in [0.25, 0.3) is 0 Å². The number of hydrogen-bond donors (Lipinski definition) is 0. The van der Waals surface area contributed by atoms with E-state index >= 15 is 0 Å². The molecule has 0 unspecified atom stereocenters. The lowest BCUT2D eigenvalue weighted by Crippen LogP contribution is -2.45. The van der Waals surface area contributed by atoms with Crippen LogP contribution >= 0.6 is 11.8 Å². The van der Waals surface area contributed by atoms with Gasteiger partial charge in [-0.2, -0.15) is 0 Å². The Labute approximate surface area is 112 Å². The van der Waals surface area contributed by atoms with Gasteiger partial charge in [-0.3, -0.25) is 4.79 Å². The normalized spacial score (nSPS) is 15.6. The lowest BCUT2D eigenvalue weighted by Gasteiger charge is -2.35. The molecule has 96 valence electrons. The average Bonchev–Trinajstić information content (AvgIpc) is 2.46. The van der Waals surface area contributed by atoms with E-state index in [1.165, 1.54) is 4.90 Å². The Morgan fingerprint density at radius 2 is 1.89 bits per heavy atom. The fourth-order valence-corrected chi connectivity index (χ4v) is 2.78. The van der Waals surface area contributed by atoms with Crippen molar-refractivity contribution in [1.82, 2.24) is 9.80 Å².